The molecule has 1 atom stereocenters. The molecule has 8 nitrogen and oxygen atoms in total. The van der Waals surface area contributed by atoms with Gasteiger partial charge in [0.15, 0.2) is 0 Å². The Hall–Kier alpha value is -3.80. The minimum Gasteiger partial charge on any atom is -0.381 e. The van der Waals surface area contributed by atoms with Gasteiger partial charge in [0, 0.05) is 42.6 Å². The number of aromatic amines is 1. The molecule has 0 radical (unpaired) electrons. The van der Waals surface area contributed by atoms with E-state index in [1.54, 1.807) is 16.9 Å². The molecule has 0 bridgehead atoms. The van der Waals surface area contributed by atoms with Gasteiger partial charge in [-0.15, -0.1) is 0 Å². The highest BCUT2D eigenvalue weighted by atomic mass is 16.5. The van der Waals surface area contributed by atoms with Crippen molar-refractivity contribution in [3.8, 4) is 28.5 Å². The van der Waals surface area contributed by atoms with Crippen LogP contribution in [0.5, 0.6) is 0 Å². The van der Waals surface area contributed by atoms with Crippen LogP contribution < -0.4 is 11.3 Å². The number of nitrogens with two attached hydrogens (primary N) is 1. The number of nitrogens with zero attached hydrogens (tertiary/aromatic N) is 4. The molecule has 5 rings (SSSR count). The molecular formula is C24H22N6O2. The van der Waals surface area contributed by atoms with Crippen LogP contribution in [0.1, 0.15) is 29.2 Å². The van der Waals surface area contributed by atoms with E-state index < -0.39 is 0 Å². The first-order valence-electron chi connectivity index (χ1n) is 10.5. The minimum absolute atomic E-state index is 0.209. The van der Waals surface area contributed by atoms with Crippen molar-refractivity contribution in [2.45, 2.75) is 18.9 Å². The van der Waals surface area contributed by atoms with Crippen molar-refractivity contribution in [2.24, 2.45) is 12.8 Å². The summed E-state index contributed by atoms with van der Waals surface area (Å²) < 4.78 is 7.34. The van der Waals surface area contributed by atoms with Crippen LogP contribution in [0.15, 0.2) is 47.4 Å². The maximum absolute atomic E-state index is 12.2. The van der Waals surface area contributed by atoms with Gasteiger partial charge < -0.3 is 10.5 Å². The van der Waals surface area contributed by atoms with Gasteiger partial charge in [-0.2, -0.15) is 15.5 Å². The molecule has 1 saturated heterocycles. The molecule has 0 saturated carbocycles. The van der Waals surface area contributed by atoms with Gasteiger partial charge in [0.1, 0.15) is 0 Å². The van der Waals surface area contributed by atoms with Crippen molar-refractivity contribution in [2.75, 3.05) is 13.2 Å². The average molecular weight is 426 g/mol. The van der Waals surface area contributed by atoms with Crippen LogP contribution >= 0.6 is 0 Å². The molecule has 4 aromatic rings. The summed E-state index contributed by atoms with van der Waals surface area (Å²) in [5.74, 6) is 0.323. The zero-order valence-corrected chi connectivity index (χ0v) is 17.6. The van der Waals surface area contributed by atoms with Crippen LogP contribution in [0.2, 0.25) is 0 Å². The largest absolute Gasteiger partial charge is 0.381 e. The zero-order valence-electron chi connectivity index (χ0n) is 17.6. The predicted molar refractivity (Wildman–Crippen MR) is 121 cm³/mol. The second-order valence-corrected chi connectivity index (χ2v) is 7.97. The number of nitrogens with one attached hydrogen (secondary N) is 1. The molecule has 0 amide bonds. The summed E-state index contributed by atoms with van der Waals surface area (Å²) in [5.41, 5.74) is 11.4. The Bertz CT molecular complexity index is 1420. The van der Waals surface area contributed by atoms with E-state index in [1.807, 2.05) is 31.3 Å². The van der Waals surface area contributed by atoms with Gasteiger partial charge in [0.25, 0.3) is 5.56 Å². The monoisotopic (exact) mass is 426 g/mol. The Morgan fingerprint density at radius 1 is 1.25 bits per heavy atom. The standard InChI is InChI=1S/C24H22N6O2/c1-30-23(19-8-14(2-3-16(19)10-25)17-6-7-32-13-17)21(12-27-30)15-4-5-18-20(9-15)22(11-26)28-29-24(18)31/h2-5,8-9,12,17H,6-7,11,13,26H2,1H3,(H,29,31). The van der Waals surface area contributed by atoms with Crippen molar-refractivity contribution < 1.29 is 4.74 Å². The van der Waals surface area contributed by atoms with Crippen LogP contribution in [0.3, 0.4) is 0 Å². The highest BCUT2D eigenvalue weighted by molar-refractivity contribution is 5.91. The fraction of sp³-hybridized carbons (Fsp3) is 0.250. The first kappa shape index (κ1) is 20.1. The fourth-order valence-electron chi connectivity index (χ4n) is 4.42. The van der Waals surface area contributed by atoms with E-state index in [9.17, 15) is 10.1 Å². The summed E-state index contributed by atoms with van der Waals surface area (Å²) in [7, 11) is 1.87. The molecule has 8 heteroatoms. The van der Waals surface area contributed by atoms with E-state index in [0.29, 0.717) is 34.6 Å². The Morgan fingerprint density at radius 3 is 2.88 bits per heavy atom. The smallest absolute Gasteiger partial charge is 0.272 e. The lowest BCUT2D eigenvalue weighted by Crippen LogP contribution is -2.13. The average Bonchev–Trinajstić information content (AvgIpc) is 3.49. The molecule has 0 spiro atoms. The van der Waals surface area contributed by atoms with E-state index in [1.165, 1.54) is 0 Å². The highest BCUT2D eigenvalue weighted by Gasteiger charge is 2.22. The van der Waals surface area contributed by atoms with Gasteiger partial charge in [-0.1, -0.05) is 12.1 Å². The van der Waals surface area contributed by atoms with Gasteiger partial charge in [-0.25, -0.2) is 5.10 Å². The molecule has 32 heavy (non-hydrogen) atoms. The van der Waals surface area contributed by atoms with E-state index >= 15 is 0 Å². The normalized spacial score (nSPS) is 15.8. The number of benzene rings is 2. The van der Waals surface area contributed by atoms with Gasteiger partial charge in [0.05, 0.1) is 41.2 Å². The molecule has 3 heterocycles. The number of hydrogen-bond acceptors (Lipinski definition) is 6. The highest BCUT2D eigenvalue weighted by Crippen LogP contribution is 2.37. The number of nitriles is 1. The SMILES string of the molecule is Cn1ncc(-c2ccc3c(=O)[nH]nc(CN)c3c2)c1-c1cc(C2CCOC2)ccc1C#N. The molecule has 1 fully saturated rings. The third kappa shape index (κ3) is 3.28. The van der Waals surface area contributed by atoms with Crippen molar-refractivity contribution in [3.05, 3.63) is 69.8 Å². The lowest BCUT2D eigenvalue weighted by molar-refractivity contribution is 0.194. The topological polar surface area (TPSA) is 123 Å². The summed E-state index contributed by atoms with van der Waals surface area (Å²) in [6, 6.07) is 13.9. The quantitative estimate of drug-likeness (QED) is 0.517. The Morgan fingerprint density at radius 2 is 2.12 bits per heavy atom. The van der Waals surface area contributed by atoms with E-state index in [2.05, 4.69) is 27.4 Å². The summed E-state index contributed by atoms with van der Waals surface area (Å²) >= 11 is 0. The van der Waals surface area contributed by atoms with Crippen molar-refractivity contribution >= 4 is 10.8 Å². The van der Waals surface area contributed by atoms with Crippen LogP contribution in [0.25, 0.3) is 33.2 Å². The number of ether oxygens (including phenoxy) is 1. The number of H-pyrrole nitrogens is 1. The van der Waals surface area contributed by atoms with Crippen molar-refractivity contribution in [1.29, 1.82) is 5.26 Å². The van der Waals surface area contributed by atoms with Gasteiger partial charge in [-0.05, 0) is 41.8 Å². The Labute approximate surface area is 184 Å². The van der Waals surface area contributed by atoms with Crippen molar-refractivity contribution in [3.63, 3.8) is 0 Å². The minimum atomic E-state index is -0.256. The number of rotatable bonds is 4. The molecule has 2 aromatic carbocycles. The molecule has 160 valence electrons. The Balaban J connectivity index is 1.70. The van der Waals surface area contributed by atoms with E-state index in [0.717, 1.165) is 41.0 Å². The summed E-state index contributed by atoms with van der Waals surface area (Å²) in [5, 5.41) is 22.1. The maximum Gasteiger partial charge on any atom is 0.272 e. The summed E-state index contributed by atoms with van der Waals surface area (Å²) in [4.78, 5) is 12.2. The van der Waals surface area contributed by atoms with Gasteiger partial charge >= 0.3 is 0 Å². The first-order valence-corrected chi connectivity index (χ1v) is 10.5. The molecule has 2 aromatic heterocycles. The third-order valence-electron chi connectivity index (χ3n) is 6.13. The van der Waals surface area contributed by atoms with Crippen molar-refractivity contribution in [1.82, 2.24) is 20.0 Å². The third-order valence-corrected chi connectivity index (χ3v) is 6.13. The van der Waals surface area contributed by atoms with Gasteiger partial charge in [0.2, 0.25) is 0 Å². The molecule has 1 aliphatic heterocycles. The van der Waals surface area contributed by atoms with E-state index in [4.69, 9.17) is 10.5 Å². The number of fused-ring (bicyclic) bond motifs is 1. The van der Waals surface area contributed by atoms with Crippen LogP contribution in [-0.4, -0.2) is 33.2 Å². The first-order chi connectivity index (χ1) is 15.6. The lowest BCUT2D eigenvalue weighted by atomic mass is 9.91. The second-order valence-electron chi connectivity index (χ2n) is 7.97. The number of aromatic nitrogens is 4. The second kappa shape index (κ2) is 8.04. The van der Waals surface area contributed by atoms with Gasteiger partial charge in [-0.3, -0.25) is 9.48 Å². The lowest BCUT2D eigenvalue weighted by Gasteiger charge is -2.14. The number of aryl methyl sites for hydroxylation is 1. The molecule has 1 aliphatic rings. The Kier molecular flexibility index (Phi) is 5.05. The predicted octanol–water partition coefficient (Wildman–Crippen LogP) is 2.82. The van der Waals surface area contributed by atoms with E-state index in [-0.39, 0.29) is 12.1 Å². The summed E-state index contributed by atoms with van der Waals surface area (Å²) in [6.45, 7) is 1.66. The van der Waals surface area contributed by atoms with Crippen LogP contribution in [-0.2, 0) is 18.3 Å². The molecular weight excluding hydrogens is 404 g/mol. The van der Waals surface area contributed by atoms with Crippen LogP contribution in [0.4, 0.5) is 0 Å². The maximum atomic E-state index is 12.2. The molecule has 0 aliphatic carbocycles. The summed E-state index contributed by atoms with van der Waals surface area (Å²) in [6.07, 6.45) is 2.75. The zero-order chi connectivity index (χ0) is 22.2. The number of hydrogen-bond donors (Lipinski definition) is 2. The fourth-order valence-corrected chi connectivity index (χ4v) is 4.42. The van der Waals surface area contributed by atoms with Crippen LogP contribution in [0, 0.1) is 11.3 Å². The molecule has 3 N–H and O–H groups in total. The molecule has 1 unspecified atom stereocenters.